The van der Waals surface area contributed by atoms with Crippen molar-refractivity contribution in [3.8, 4) is 0 Å². The van der Waals surface area contributed by atoms with Crippen LogP contribution in [-0.2, 0) is 4.79 Å². The fraction of sp³-hybridized carbons (Fsp3) is 0. The molecule has 0 saturated carbocycles. The summed E-state index contributed by atoms with van der Waals surface area (Å²) in [6.45, 7) is 0. The first-order valence-corrected chi connectivity index (χ1v) is 4.75. The van der Waals surface area contributed by atoms with Crippen LogP contribution in [0.4, 0.5) is 0 Å². The van der Waals surface area contributed by atoms with E-state index in [2.05, 4.69) is 36.8 Å². The lowest BCUT2D eigenvalue weighted by atomic mass is 10.2. The van der Waals surface area contributed by atoms with E-state index in [1.165, 1.54) is 6.08 Å². The number of carbonyl (C=O) groups is 1. The molecule has 0 amide bonds. The lowest BCUT2D eigenvalue weighted by Gasteiger charge is -1.98. The Morgan fingerprint density at radius 3 is 2.33 bits per heavy atom. The van der Waals surface area contributed by atoms with Crippen LogP contribution in [0, 0.1) is 0 Å². The number of nitrogens with zero attached hydrogens (tertiary/aromatic N) is 1. The van der Waals surface area contributed by atoms with Crippen molar-refractivity contribution in [3.63, 3.8) is 0 Å². The molecule has 0 N–H and O–H groups in total. The van der Waals surface area contributed by atoms with E-state index in [1.54, 1.807) is 18.5 Å². The molecule has 0 radical (unpaired) electrons. The van der Waals surface area contributed by atoms with Crippen molar-refractivity contribution in [2.24, 2.45) is 0 Å². The van der Waals surface area contributed by atoms with Gasteiger partial charge in [0.05, 0.1) is 0 Å². The molecule has 0 aliphatic heterocycles. The van der Waals surface area contributed by atoms with Crippen LogP contribution in [0.2, 0.25) is 0 Å². The van der Waals surface area contributed by atoms with E-state index in [1.807, 2.05) is 0 Å². The second-order valence-electron chi connectivity index (χ2n) is 2.01. The Bertz CT molecular complexity index is 303. The van der Waals surface area contributed by atoms with Gasteiger partial charge in [-0.25, -0.2) is 0 Å². The molecule has 0 aliphatic carbocycles. The Morgan fingerprint density at radius 1 is 1.25 bits per heavy atom. The predicted molar refractivity (Wildman–Crippen MR) is 54.7 cm³/mol. The number of halogens is 2. The van der Waals surface area contributed by atoms with Crippen LogP contribution < -0.4 is 0 Å². The topological polar surface area (TPSA) is 30.0 Å². The molecule has 2 nitrogen and oxygen atoms in total. The Morgan fingerprint density at radius 2 is 1.83 bits per heavy atom. The maximum atomic E-state index is 10.1. The van der Waals surface area contributed by atoms with Gasteiger partial charge in [0.15, 0.2) is 0 Å². The van der Waals surface area contributed by atoms with Crippen molar-refractivity contribution in [1.82, 2.24) is 4.98 Å². The Kier molecular flexibility index (Phi) is 3.62. The molecule has 0 atom stereocenters. The lowest BCUT2D eigenvalue weighted by Crippen LogP contribution is -1.81. The first-order valence-electron chi connectivity index (χ1n) is 3.16. The molecule has 1 aromatic rings. The molecule has 0 aromatic carbocycles. The summed E-state index contributed by atoms with van der Waals surface area (Å²) in [4.78, 5) is 14.0. The molecule has 1 aromatic heterocycles. The van der Waals surface area contributed by atoms with Gasteiger partial charge in [-0.1, -0.05) is 0 Å². The SMILES string of the molecule is O=CC=Cc1c(Br)cncc1Br. The molecule has 0 spiro atoms. The number of pyridine rings is 1. The first-order chi connectivity index (χ1) is 5.75. The third-order valence-electron chi connectivity index (χ3n) is 1.23. The quantitative estimate of drug-likeness (QED) is 0.619. The molecule has 12 heavy (non-hydrogen) atoms. The van der Waals surface area contributed by atoms with E-state index < -0.39 is 0 Å². The van der Waals surface area contributed by atoms with Crippen molar-refractivity contribution >= 4 is 44.2 Å². The number of hydrogen-bond donors (Lipinski definition) is 0. The number of allylic oxidation sites excluding steroid dienone is 1. The predicted octanol–water partition coefficient (Wildman–Crippen LogP) is 2.82. The highest BCUT2D eigenvalue weighted by atomic mass is 79.9. The Hall–Kier alpha value is -0.480. The van der Waals surface area contributed by atoms with E-state index in [4.69, 9.17) is 0 Å². The van der Waals surface area contributed by atoms with Gasteiger partial charge in [-0.2, -0.15) is 0 Å². The number of carbonyl (C=O) groups excluding carboxylic acids is 1. The Labute approximate surface area is 87.0 Å². The summed E-state index contributed by atoms with van der Waals surface area (Å²) in [5.74, 6) is 0. The fourth-order valence-electron chi connectivity index (χ4n) is 0.716. The van der Waals surface area contributed by atoms with Crippen LogP contribution >= 0.6 is 31.9 Å². The van der Waals surface area contributed by atoms with Crippen molar-refractivity contribution in [2.45, 2.75) is 0 Å². The molecule has 0 unspecified atom stereocenters. The monoisotopic (exact) mass is 289 g/mol. The summed E-state index contributed by atoms with van der Waals surface area (Å²) in [5.41, 5.74) is 0.914. The summed E-state index contributed by atoms with van der Waals surface area (Å²) in [6, 6.07) is 0. The smallest absolute Gasteiger partial charge is 0.142 e. The molecule has 0 bridgehead atoms. The lowest BCUT2D eigenvalue weighted by molar-refractivity contribution is -0.104. The van der Waals surface area contributed by atoms with Gasteiger partial charge in [-0.15, -0.1) is 0 Å². The molecule has 1 rings (SSSR count). The molecule has 0 fully saturated rings. The second-order valence-corrected chi connectivity index (χ2v) is 3.72. The zero-order chi connectivity index (χ0) is 8.97. The maximum absolute atomic E-state index is 10.1. The van der Waals surface area contributed by atoms with Gasteiger partial charge in [0, 0.05) is 26.9 Å². The van der Waals surface area contributed by atoms with Gasteiger partial charge < -0.3 is 0 Å². The largest absolute Gasteiger partial charge is 0.299 e. The molecular weight excluding hydrogens is 286 g/mol. The molecular formula is C8H5Br2NO. The summed E-state index contributed by atoms with van der Waals surface area (Å²) >= 11 is 6.64. The van der Waals surface area contributed by atoms with Crippen LogP contribution in [-0.4, -0.2) is 11.3 Å². The van der Waals surface area contributed by atoms with Gasteiger partial charge in [-0.05, 0) is 44.0 Å². The minimum absolute atomic E-state index is 0.735. The molecule has 1 heterocycles. The van der Waals surface area contributed by atoms with Crippen LogP contribution in [0.25, 0.3) is 6.08 Å². The minimum Gasteiger partial charge on any atom is -0.299 e. The van der Waals surface area contributed by atoms with Crippen LogP contribution in [0.3, 0.4) is 0 Å². The molecule has 62 valence electrons. The third-order valence-corrected chi connectivity index (χ3v) is 2.50. The summed E-state index contributed by atoms with van der Waals surface area (Å²) < 4.78 is 1.71. The van der Waals surface area contributed by atoms with Crippen LogP contribution in [0.1, 0.15) is 5.56 Å². The van der Waals surface area contributed by atoms with Crippen molar-refractivity contribution < 1.29 is 4.79 Å². The van der Waals surface area contributed by atoms with E-state index in [0.717, 1.165) is 20.8 Å². The average Bonchev–Trinajstić information content (AvgIpc) is 2.04. The molecule has 0 aliphatic rings. The van der Waals surface area contributed by atoms with E-state index in [9.17, 15) is 4.79 Å². The highest BCUT2D eigenvalue weighted by Crippen LogP contribution is 2.24. The highest BCUT2D eigenvalue weighted by molar-refractivity contribution is 9.11. The van der Waals surface area contributed by atoms with E-state index >= 15 is 0 Å². The van der Waals surface area contributed by atoms with Gasteiger partial charge >= 0.3 is 0 Å². The highest BCUT2D eigenvalue weighted by Gasteiger charge is 1.99. The fourth-order valence-corrected chi connectivity index (χ4v) is 1.91. The van der Waals surface area contributed by atoms with E-state index in [-0.39, 0.29) is 0 Å². The van der Waals surface area contributed by atoms with Crippen molar-refractivity contribution in [1.29, 1.82) is 0 Å². The normalized spacial score (nSPS) is 10.5. The number of rotatable bonds is 2. The van der Waals surface area contributed by atoms with E-state index in [0.29, 0.717) is 0 Å². The molecule has 0 saturated heterocycles. The number of hydrogen-bond acceptors (Lipinski definition) is 2. The maximum Gasteiger partial charge on any atom is 0.142 e. The average molecular weight is 291 g/mol. The van der Waals surface area contributed by atoms with Crippen molar-refractivity contribution in [3.05, 3.63) is 33.0 Å². The van der Waals surface area contributed by atoms with Crippen molar-refractivity contribution in [2.75, 3.05) is 0 Å². The Balaban J connectivity index is 3.12. The first kappa shape index (κ1) is 9.61. The van der Waals surface area contributed by atoms with Crippen LogP contribution in [0.5, 0.6) is 0 Å². The van der Waals surface area contributed by atoms with Gasteiger partial charge in [0.1, 0.15) is 6.29 Å². The standard InChI is InChI=1S/C8H5Br2NO/c9-7-4-11-5-8(10)6(7)2-1-3-12/h1-5H. The zero-order valence-corrected chi connectivity index (χ0v) is 9.17. The number of aldehydes is 1. The van der Waals surface area contributed by atoms with Crippen LogP contribution in [0.15, 0.2) is 27.4 Å². The summed E-state index contributed by atoms with van der Waals surface area (Å²) in [7, 11) is 0. The third kappa shape index (κ3) is 2.25. The van der Waals surface area contributed by atoms with Gasteiger partial charge in [-0.3, -0.25) is 9.78 Å². The second kappa shape index (κ2) is 4.52. The number of aromatic nitrogens is 1. The summed E-state index contributed by atoms with van der Waals surface area (Å²) in [5, 5.41) is 0. The zero-order valence-electron chi connectivity index (χ0n) is 6.00. The summed E-state index contributed by atoms with van der Waals surface area (Å²) in [6.07, 6.45) is 7.23. The molecule has 4 heteroatoms. The van der Waals surface area contributed by atoms with Gasteiger partial charge in [0.2, 0.25) is 0 Å². The van der Waals surface area contributed by atoms with Gasteiger partial charge in [0.25, 0.3) is 0 Å². The minimum atomic E-state index is 0.735.